The number of aromatic nitrogens is 1. The van der Waals surface area contributed by atoms with Crippen LogP contribution in [-0.2, 0) is 4.74 Å². The summed E-state index contributed by atoms with van der Waals surface area (Å²) in [7, 11) is 0. The molecule has 0 bridgehead atoms. The second-order valence-electron chi connectivity index (χ2n) is 3.61. The van der Waals surface area contributed by atoms with Crippen LogP contribution in [0.3, 0.4) is 0 Å². The molecule has 0 aliphatic heterocycles. The van der Waals surface area contributed by atoms with Crippen molar-refractivity contribution in [3.63, 3.8) is 0 Å². The van der Waals surface area contributed by atoms with E-state index in [-0.39, 0.29) is 5.56 Å². The van der Waals surface area contributed by atoms with Crippen molar-refractivity contribution in [2.24, 2.45) is 0 Å². The van der Waals surface area contributed by atoms with Crippen LogP contribution < -0.4 is 5.32 Å². The van der Waals surface area contributed by atoms with E-state index in [1.165, 1.54) is 0 Å². The Hall–Kier alpha value is -1.62. The third kappa shape index (κ3) is 4.40. The van der Waals surface area contributed by atoms with Gasteiger partial charge in [-0.05, 0) is 32.4 Å². The molecular weight excluding hydrogens is 220 g/mol. The Labute approximate surface area is 101 Å². The topological polar surface area (TPSA) is 71.5 Å². The summed E-state index contributed by atoms with van der Waals surface area (Å²) in [6.45, 7) is 5.86. The van der Waals surface area contributed by atoms with Crippen molar-refractivity contribution in [2.75, 3.05) is 25.1 Å². The second kappa shape index (κ2) is 6.85. The molecule has 1 aromatic heterocycles. The lowest BCUT2D eigenvalue weighted by Gasteiger charge is -2.07. The molecule has 0 amide bonds. The van der Waals surface area contributed by atoms with Gasteiger partial charge < -0.3 is 15.2 Å². The molecule has 0 saturated carbocycles. The van der Waals surface area contributed by atoms with Crippen LogP contribution >= 0.6 is 0 Å². The average molecular weight is 238 g/mol. The molecule has 0 saturated heterocycles. The van der Waals surface area contributed by atoms with Gasteiger partial charge in [-0.2, -0.15) is 0 Å². The Morgan fingerprint density at radius 1 is 1.53 bits per heavy atom. The molecule has 0 unspecified atom stereocenters. The van der Waals surface area contributed by atoms with Gasteiger partial charge in [-0.25, -0.2) is 9.78 Å². The van der Waals surface area contributed by atoms with Gasteiger partial charge >= 0.3 is 5.97 Å². The predicted octanol–water partition coefficient (Wildman–Crippen LogP) is 1.93. The van der Waals surface area contributed by atoms with Crippen LogP contribution in [0.15, 0.2) is 12.1 Å². The minimum absolute atomic E-state index is 0.241. The fourth-order valence-corrected chi connectivity index (χ4v) is 1.42. The number of carboxylic acid groups (broad SMARTS) is 1. The van der Waals surface area contributed by atoms with Gasteiger partial charge in [0, 0.05) is 19.8 Å². The van der Waals surface area contributed by atoms with Crippen LogP contribution in [-0.4, -0.2) is 35.8 Å². The lowest BCUT2D eigenvalue weighted by atomic mass is 10.2. The third-order valence-electron chi connectivity index (χ3n) is 2.29. The number of carboxylic acids is 1. The Balaban J connectivity index is 2.45. The molecule has 1 rings (SSSR count). The molecule has 0 spiro atoms. The zero-order chi connectivity index (χ0) is 12.7. The van der Waals surface area contributed by atoms with Crippen molar-refractivity contribution >= 4 is 11.8 Å². The van der Waals surface area contributed by atoms with Gasteiger partial charge in [-0.15, -0.1) is 0 Å². The van der Waals surface area contributed by atoms with E-state index in [4.69, 9.17) is 9.84 Å². The number of hydrogen-bond acceptors (Lipinski definition) is 4. The summed E-state index contributed by atoms with van der Waals surface area (Å²) in [5.74, 6) is -0.248. The Bertz CT molecular complexity index is 380. The maximum Gasteiger partial charge on any atom is 0.337 e. The van der Waals surface area contributed by atoms with Crippen LogP contribution in [0.25, 0.3) is 0 Å². The zero-order valence-corrected chi connectivity index (χ0v) is 10.2. The molecule has 0 aromatic carbocycles. The lowest BCUT2D eigenvalue weighted by molar-refractivity contribution is 0.0695. The molecular formula is C12H18N2O3. The lowest BCUT2D eigenvalue weighted by Crippen LogP contribution is -2.09. The molecule has 0 fully saturated rings. The number of rotatable bonds is 7. The van der Waals surface area contributed by atoms with Crippen molar-refractivity contribution in [1.29, 1.82) is 0 Å². The van der Waals surface area contributed by atoms with Gasteiger partial charge in [-0.1, -0.05) is 0 Å². The van der Waals surface area contributed by atoms with E-state index >= 15 is 0 Å². The maximum atomic E-state index is 10.8. The highest BCUT2D eigenvalue weighted by Crippen LogP contribution is 2.10. The maximum absolute atomic E-state index is 10.8. The Morgan fingerprint density at radius 3 is 2.88 bits per heavy atom. The van der Waals surface area contributed by atoms with E-state index in [1.807, 2.05) is 6.92 Å². The molecule has 2 N–H and O–H groups in total. The van der Waals surface area contributed by atoms with Crippen molar-refractivity contribution in [3.05, 3.63) is 23.4 Å². The minimum atomic E-state index is -0.946. The van der Waals surface area contributed by atoms with Gasteiger partial charge in [0.15, 0.2) is 0 Å². The first-order valence-corrected chi connectivity index (χ1v) is 5.67. The van der Waals surface area contributed by atoms with Crippen LogP contribution in [0.5, 0.6) is 0 Å². The standard InChI is InChI=1S/C12H18N2O3/c1-3-17-8-4-7-13-11-6-5-10(12(15)16)9(2)14-11/h5-6H,3-4,7-8H2,1-2H3,(H,13,14)(H,15,16). The monoisotopic (exact) mass is 238 g/mol. The fourth-order valence-electron chi connectivity index (χ4n) is 1.42. The van der Waals surface area contributed by atoms with Crippen LogP contribution in [0, 0.1) is 6.92 Å². The van der Waals surface area contributed by atoms with Gasteiger partial charge in [0.25, 0.3) is 0 Å². The van der Waals surface area contributed by atoms with Gasteiger partial charge in [0.05, 0.1) is 11.3 Å². The van der Waals surface area contributed by atoms with Gasteiger partial charge in [0.2, 0.25) is 0 Å². The van der Waals surface area contributed by atoms with Gasteiger partial charge in [-0.3, -0.25) is 0 Å². The van der Waals surface area contributed by atoms with E-state index in [9.17, 15) is 4.79 Å². The summed E-state index contributed by atoms with van der Waals surface area (Å²) >= 11 is 0. The largest absolute Gasteiger partial charge is 0.478 e. The SMILES string of the molecule is CCOCCCNc1ccc(C(=O)O)c(C)n1. The molecule has 1 aromatic rings. The number of ether oxygens (including phenoxy) is 1. The molecule has 5 heteroatoms. The Morgan fingerprint density at radius 2 is 2.29 bits per heavy atom. The highest BCUT2D eigenvalue weighted by molar-refractivity contribution is 5.89. The van der Waals surface area contributed by atoms with Crippen LogP contribution in [0.4, 0.5) is 5.82 Å². The molecule has 17 heavy (non-hydrogen) atoms. The third-order valence-corrected chi connectivity index (χ3v) is 2.29. The molecule has 1 heterocycles. The quantitative estimate of drug-likeness (QED) is 0.710. The summed E-state index contributed by atoms with van der Waals surface area (Å²) < 4.78 is 5.21. The van der Waals surface area contributed by atoms with Crippen LogP contribution in [0.1, 0.15) is 29.4 Å². The number of nitrogens with one attached hydrogen (secondary N) is 1. The summed E-state index contributed by atoms with van der Waals surface area (Å²) in [5, 5.41) is 12.0. The summed E-state index contributed by atoms with van der Waals surface area (Å²) in [5.41, 5.74) is 0.761. The van der Waals surface area contributed by atoms with E-state index in [2.05, 4.69) is 10.3 Å². The molecule has 5 nitrogen and oxygen atoms in total. The number of nitrogens with zero attached hydrogens (tertiary/aromatic N) is 1. The van der Waals surface area contributed by atoms with E-state index in [0.717, 1.165) is 26.2 Å². The summed E-state index contributed by atoms with van der Waals surface area (Å²) in [6.07, 6.45) is 0.898. The van der Waals surface area contributed by atoms with Crippen molar-refractivity contribution < 1.29 is 14.6 Å². The van der Waals surface area contributed by atoms with Crippen molar-refractivity contribution in [2.45, 2.75) is 20.3 Å². The first kappa shape index (κ1) is 13.4. The molecule has 0 aliphatic rings. The zero-order valence-electron chi connectivity index (χ0n) is 10.2. The number of pyridine rings is 1. The van der Waals surface area contributed by atoms with E-state index < -0.39 is 5.97 Å². The van der Waals surface area contributed by atoms with Crippen molar-refractivity contribution in [1.82, 2.24) is 4.98 Å². The normalized spacial score (nSPS) is 10.2. The highest BCUT2D eigenvalue weighted by Gasteiger charge is 2.07. The first-order chi connectivity index (χ1) is 8.15. The van der Waals surface area contributed by atoms with E-state index in [0.29, 0.717) is 11.5 Å². The van der Waals surface area contributed by atoms with E-state index in [1.54, 1.807) is 19.1 Å². The highest BCUT2D eigenvalue weighted by atomic mass is 16.5. The number of hydrogen-bond donors (Lipinski definition) is 2. The molecule has 0 radical (unpaired) electrons. The smallest absolute Gasteiger partial charge is 0.337 e. The van der Waals surface area contributed by atoms with Crippen LogP contribution in [0.2, 0.25) is 0 Å². The molecule has 94 valence electrons. The first-order valence-electron chi connectivity index (χ1n) is 5.67. The predicted molar refractivity (Wildman–Crippen MR) is 65.5 cm³/mol. The fraction of sp³-hybridized carbons (Fsp3) is 0.500. The second-order valence-corrected chi connectivity index (χ2v) is 3.61. The minimum Gasteiger partial charge on any atom is -0.478 e. The average Bonchev–Trinajstić information content (AvgIpc) is 2.28. The molecule has 0 aliphatic carbocycles. The van der Waals surface area contributed by atoms with Gasteiger partial charge in [0.1, 0.15) is 5.82 Å². The number of anilines is 1. The number of aryl methyl sites for hydroxylation is 1. The summed E-state index contributed by atoms with van der Waals surface area (Å²) in [4.78, 5) is 15.0. The Kier molecular flexibility index (Phi) is 5.42. The number of aromatic carboxylic acids is 1. The molecule has 0 atom stereocenters. The number of carbonyl (C=O) groups is 1. The van der Waals surface area contributed by atoms with Crippen molar-refractivity contribution in [3.8, 4) is 0 Å². The summed E-state index contributed by atoms with van der Waals surface area (Å²) in [6, 6.07) is 3.24.